The first-order valence-electron chi connectivity index (χ1n) is 6.57. The van der Waals surface area contributed by atoms with Gasteiger partial charge in [0.25, 0.3) is 0 Å². The van der Waals surface area contributed by atoms with Crippen LogP contribution >= 0.6 is 0 Å². The lowest BCUT2D eigenvalue weighted by Crippen LogP contribution is -2.30. The van der Waals surface area contributed by atoms with Crippen LogP contribution in [0.5, 0.6) is 0 Å². The Labute approximate surface area is 106 Å². The fraction of sp³-hybridized carbons (Fsp3) is 0.600. The van der Waals surface area contributed by atoms with Crippen LogP contribution in [-0.2, 0) is 0 Å². The van der Waals surface area contributed by atoms with Crippen molar-refractivity contribution < 1.29 is 0 Å². The number of benzene rings is 1. The van der Waals surface area contributed by atoms with Gasteiger partial charge in [-0.15, -0.1) is 0 Å². The Hall–Kier alpha value is -0.860. The molecule has 0 spiro atoms. The van der Waals surface area contributed by atoms with Crippen LogP contribution in [0.15, 0.2) is 30.3 Å². The number of hydrogen-bond donors (Lipinski definition) is 1. The molecule has 0 saturated heterocycles. The van der Waals surface area contributed by atoms with Crippen LogP contribution in [0, 0.1) is 5.92 Å². The van der Waals surface area contributed by atoms with E-state index in [2.05, 4.69) is 56.1 Å². The fourth-order valence-corrected chi connectivity index (χ4v) is 1.99. The van der Waals surface area contributed by atoms with Gasteiger partial charge < -0.3 is 10.6 Å². The van der Waals surface area contributed by atoms with E-state index >= 15 is 0 Å². The van der Waals surface area contributed by atoms with Gasteiger partial charge in [-0.3, -0.25) is 0 Å². The van der Waals surface area contributed by atoms with Crippen molar-refractivity contribution in [2.24, 2.45) is 11.7 Å². The molecule has 0 saturated carbocycles. The smallest absolute Gasteiger partial charge is 0.00887 e. The van der Waals surface area contributed by atoms with Gasteiger partial charge in [-0.05, 0) is 31.5 Å². The highest BCUT2D eigenvalue weighted by Crippen LogP contribution is 2.15. The van der Waals surface area contributed by atoms with Crippen molar-refractivity contribution in [2.75, 3.05) is 26.7 Å². The minimum absolute atomic E-state index is 0.452. The first-order chi connectivity index (χ1) is 8.13. The van der Waals surface area contributed by atoms with Crippen LogP contribution in [0.25, 0.3) is 0 Å². The summed E-state index contributed by atoms with van der Waals surface area (Å²) in [7, 11) is 2.19. The quantitative estimate of drug-likeness (QED) is 0.786. The molecule has 0 heterocycles. The van der Waals surface area contributed by atoms with E-state index in [1.165, 1.54) is 12.0 Å². The molecule has 1 unspecified atom stereocenters. The second-order valence-electron chi connectivity index (χ2n) is 5.29. The van der Waals surface area contributed by atoms with Gasteiger partial charge in [0.15, 0.2) is 0 Å². The number of rotatable bonds is 7. The number of likely N-dealkylation sites (N-methyl/N-ethyl adjacent to an activating group) is 1. The highest BCUT2D eigenvalue weighted by Gasteiger charge is 2.12. The Morgan fingerprint density at radius 1 is 1.18 bits per heavy atom. The maximum atomic E-state index is 5.88. The van der Waals surface area contributed by atoms with Crippen molar-refractivity contribution in [3.8, 4) is 0 Å². The molecule has 2 heteroatoms. The molecule has 1 rings (SSSR count). The van der Waals surface area contributed by atoms with Crippen molar-refractivity contribution in [1.29, 1.82) is 0 Å². The summed E-state index contributed by atoms with van der Waals surface area (Å²) < 4.78 is 0. The maximum absolute atomic E-state index is 5.88. The predicted molar refractivity (Wildman–Crippen MR) is 75.2 cm³/mol. The molecule has 0 aromatic heterocycles. The minimum atomic E-state index is 0.452. The summed E-state index contributed by atoms with van der Waals surface area (Å²) in [6, 6.07) is 10.6. The van der Waals surface area contributed by atoms with Crippen molar-refractivity contribution >= 4 is 0 Å². The Morgan fingerprint density at radius 3 is 2.35 bits per heavy atom. The van der Waals surface area contributed by atoms with Gasteiger partial charge in [-0.1, -0.05) is 44.2 Å². The Morgan fingerprint density at radius 2 is 1.82 bits per heavy atom. The van der Waals surface area contributed by atoms with Crippen LogP contribution in [-0.4, -0.2) is 31.6 Å². The third-order valence-electron chi connectivity index (χ3n) is 3.18. The molecule has 1 aromatic carbocycles. The molecule has 0 amide bonds. The standard InChI is InChI=1S/C15H26N2/c1-13(2)9-10-17(3)12-15(11-16)14-7-5-4-6-8-14/h4-8,13,15H,9-12,16H2,1-3H3. The summed E-state index contributed by atoms with van der Waals surface area (Å²) in [5.74, 6) is 1.22. The SMILES string of the molecule is CC(C)CCN(C)CC(CN)c1ccccc1. The molecular weight excluding hydrogens is 208 g/mol. The molecule has 1 aromatic rings. The third kappa shape index (κ3) is 5.33. The topological polar surface area (TPSA) is 29.3 Å². The first kappa shape index (κ1) is 14.2. The molecule has 2 N–H and O–H groups in total. The molecule has 17 heavy (non-hydrogen) atoms. The molecule has 0 radical (unpaired) electrons. The molecule has 0 aliphatic heterocycles. The second kappa shape index (κ2) is 7.46. The summed E-state index contributed by atoms with van der Waals surface area (Å²) in [6.45, 7) is 7.46. The number of nitrogens with zero attached hydrogens (tertiary/aromatic N) is 1. The van der Waals surface area contributed by atoms with E-state index < -0.39 is 0 Å². The van der Waals surface area contributed by atoms with Crippen LogP contribution < -0.4 is 5.73 Å². The molecule has 0 fully saturated rings. The Kier molecular flexibility index (Phi) is 6.23. The van der Waals surface area contributed by atoms with Gasteiger partial charge in [0, 0.05) is 19.0 Å². The summed E-state index contributed by atoms with van der Waals surface area (Å²) in [4.78, 5) is 2.39. The van der Waals surface area contributed by atoms with Crippen LogP contribution in [0.2, 0.25) is 0 Å². The Balaban J connectivity index is 2.47. The summed E-state index contributed by atoms with van der Waals surface area (Å²) >= 11 is 0. The highest BCUT2D eigenvalue weighted by molar-refractivity contribution is 5.20. The minimum Gasteiger partial charge on any atom is -0.330 e. The maximum Gasteiger partial charge on any atom is 0.00887 e. The zero-order valence-electron chi connectivity index (χ0n) is 11.4. The summed E-state index contributed by atoms with van der Waals surface area (Å²) in [6.07, 6.45) is 1.25. The van der Waals surface area contributed by atoms with E-state index in [1.54, 1.807) is 0 Å². The van der Waals surface area contributed by atoms with Gasteiger partial charge in [0.05, 0.1) is 0 Å². The third-order valence-corrected chi connectivity index (χ3v) is 3.18. The average molecular weight is 234 g/mol. The van der Waals surface area contributed by atoms with Crippen molar-refractivity contribution in [3.63, 3.8) is 0 Å². The first-order valence-corrected chi connectivity index (χ1v) is 6.57. The molecule has 0 bridgehead atoms. The van der Waals surface area contributed by atoms with Gasteiger partial charge in [0.2, 0.25) is 0 Å². The molecule has 1 atom stereocenters. The van der Waals surface area contributed by atoms with Crippen LogP contribution in [0.1, 0.15) is 31.7 Å². The van der Waals surface area contributed by atoms with E-state index in [1.807, 2.05) is 0 Å². The fourth-order valence-electron chi connectivity index (χ4n) is 1.99. The van der Waals surface area contributed by atoms with Crippen LogP contribution in [0.4, 0.5) is 0 Å². The molecule has 0 aliphatic rings. The summed E-state index contributed by atoms with van der Waals surface area (Å²) in [5, 5.41) is 0. The van der Waals surface area contributed by atoms with Gasteiger partial charge in [0.1, 0.15) is 0 Å². The van der Waals surface area contributed by atoms with Gasteiger partial charge in [-0.2, -0.15) is 0 Å². The van der Waals surface area contributed by atoms with Crippen molar-refractivity contribution in [3.05, 3.63) is 35.9 Å². The zero-order valence-corrected chi connectivity index (χ0v) is 11.4. The molecule has 96 valence electrons. The average Bonchev–Trinajstić information content (AvgIpc) is 2.34. The van der Waals surface area contributed by atoms with Crippen molar-refractivity contribution in [1.82, 2.24) is 4.90 Å². The van der Waals surface area contributed by atoms with E-state index in [4.69, 9.17) is 5.73 Å². The lowest BCUT2D eigenvalue weighted by atomic mass is 9.98. The number of hydrogen-bond acceptors (Lipinski definition) is 2. The van der Waals surface area contributed by atoms with E-state index in [0.717, 1.165) is 25.6 Å². The van der Waals surface area contributed by atoms with E-state index in [9.17, 15) is 0 Å². The van der Waals surface area contributed by atoms with Gasteiger partial charge in [-0.25, -0.2) is 0 Å². The monoisotopic (exact) mass is 234 g/mol. The highest BCUT2D eigenvalue weighted by atomic mass is 15.1. The van der Waals surface area contributed by atoms with Crippen LogP contribution in [0.3, 0.4) is 0 Å². The zero-order chi connectivity index (χ0) is 12.7. The largest absolute Gasteiger partial charge is 0.330 e. The number of nitrogens with two attached hydrogens (primary N) is 1. The van der Waals surface area contributed by atoms with Gasteiger partial charge >= 0.3 is 0 Å². The van der Waals surface area contributed by atoms with E-state index in [0.29, 0.717) is 5.92 Å². The lowest BCUT2D eigenvalue weighted by Gasteiger charge is -2.24. The summed E-state index contributed by atoms with van der Waals surface area (Å²) in [5.41, 5.74) is 7.24. The molecular formula is C15H26N2. The Bertz CT molecular complexity index is 295. The van der Waals surface area contributed by atoms with Crippen molar-refractivity contribution in [2.45, 2.75) is 26.2 Å². The molecule has 2 nitrogen and oxygen atoms in total. The predicted octanol–water partition coefficient (Wildman–Crippen LogP) is 2.71. The molecule has 0 aliphatic carbocycles. The van der Waals surface area contributed by atoms with E-state index in [-0.39, 0.29) is 0 Å². The second-order valence-corrected chi connectivity index (χ2v) is 5.29. The normalized spacial score (nSPS) is 13.3. The lowest BCUT2D eigenvalue weighted by molar-refractivity contribution is 0.292.